The zero-order chi connectivity index (χ0) is 13.4. The van der Waals surface area contributed by atoms with E-state index in [1.165, 1.54) is 36.2 Å². The van der Waals surface area contributed by atoms with Gasteiger partial charge in [-0.2, -0.15) is 0 Å². The molecule has 1 aromatic carbocycles. The first kappa shape index (κ1) is 13.1. The van der Waals surface area contributed by atoms with Gasteiger partial charge in [0.05, 0.1) is 11.0 Å². The molecule has 19 heavy (non-hydrogen) atoms. The summed E-state index contributed by atoms with van der Waals surface area (Å²) in [5.74, 6) is 1.19. The van der Waals surface area contributed by atoms with Crippen LogP contribution in [0.15, 0.2) is 16.6 Å². The average Bonchev–Trinajstić information content (AvgIpc) is 2.69. The van der Waals surface area contributed by atoms with E-state index in [-0.39, 0.29) is 0 Å². The van der Waals surface area contributed by atoms with E-state index in [2.05, 4.69) is 51.9 Å². The summed E-state index contributed by atoms with van der Waals surface area (Å²) in [4.78, 5) is 4.85. The lowest BCUT2D eigenvalue weighted by molar-refractivity contribution is 0.392. The second-order valence-corrected chi connectivity index (χ2v) is 6.44. The summed E-state index contributed by atoms with van der Waals surface area (Å²) in [5, 5.41) is 3.60. The van der Waals surface area contributed by atoms with E-state index >= 15 is 0 Å². The van der Waals surface area contributed by atoms with Crippen LogP contribution in [-0.4, -0.2) is 22.1 Å². The lowest BCUT2D eigenvalue weighted by atomic mass is 10.0. The summed E-state index contributed by atoms with van der Waals surface area (Å²) < 4.78 is 3.37. The average molecular weight is 322 g/mol. The van der Waals surface area contributed by atoms with Crippen LogP contribution in [-0.2, 0) is 13.5 Å². The smallest absolute Gasteiger partial charge is 0.111 e. The van der Waals surface area contributed by atoms with Crippen molar-refractivity contribution in [3.8, 4) is 0 Å². The molecule has 102 valence electrons. The lowest BCUT2D eigenvalue weighted by Crippen LogP contribution is -2.36. The number of aromatic nitrogens is 2. The van der Waals surface area contributed by atoms with Crippen LogP contribution in [0.25, 0.3) is 11.0 Å². The molecule has 1 fully saturated rings. The van der Waals surface area contributed by atoms with Crippen LogP contribution in [0.2, 0.25) is 0 Å². The maximum absolute atomic E-state index is 4.85. The van der Waals surface area contributed by atoms with Crippen LogP contribution < -0.4 is 5.32 Å². The molecule has 1 saturated heterocycles. The van der Waals surface area contributed by atoms with E-state index in [1.54, 1.807) is 0 Å². The number of halogens is 1. The molecule has 2 aromatic rings. The largest absolute Gasteiger partial charge is 0.331 e. The van der Waals surface area contributed by atoms with E-state index < -0.39 is 0 Å². The molecule has 0 saturated carbocycles. The Bertz CT molecular complexity index is 597. The summed E-state index contributed by atoms with van der Waals surface area (Å²) in [5.41, 5.74) is 3.59. The Balaban J connectivity index is 1.95. The van der Waals surface area contributed by atoms with Gasteiger partial charge < -0.3 is 9.88 Å². The Morgan fingerprint density at radius 2 is 2.26 bits per heavy atom. The fourth-order valence-electron chi connectivity index (χ4n) is 2.96. The van der Waals surface area contributed by atoms with Crippen molar-refractivity contribution in [2.75, 3.05) is 6.54 Å². The fourth-order valence-corrected chi connectivity index (χ4v) is 3.52. The van der Waals surface area contributed by atoms with Gasteiger partial charge in [-0.05, 0) is 44.0 Å². The topological polar surface area (TPSA) is 29.9 Å². The second kappa shape index (κ2) is 5.25. The highest BCUT2D eigenvalue weighted by atomic mass is 79.9. The SMILES string of the molecule is Cc1cc(Br)cc2c1nc(CC1CCCCN1)n2C. The van der Waals surface area contributed by atoms with Gasteiger partial charge in [-0.15, -0.1) is 0 Å². The Labute approximate surface area is 122 Å². The number of nitrogens with zero attached hydrogens (tertiary/aromatic N) is 2. The Kier molecular flexibility index (Phi) is 3.63. The third kappa shape index (κ3) is 2.56. The minimum absolute atomic E-state index is 0.591. The van der Waals surface area contributed by atoms with Gasteiger partial charge in [0.1, 0.15) is 5.82 Å². The molecule has 1 atom stereocenters. The van der Waals surface area contributed by atoms with Gasteiger partial charge in [0, 0.05) is 24.0 Å². The maximum atomic E-state index is 4.85. The van der Waals surface area contributed by atoms with Gasteiger partial charge in [0.2, 0.25) is 0 Å². The van der Waals surface area contributed by atoms with Crippen LogP contribution in [0.3, 0.4) is 0 Å². The molecule has 0 radical (unpaired) electrons. The fraction of sp³-hybridized carbons (Fsp3) is 0.533. The highest BCUT2D eigenvalue weighted by Crippen LogP contribution is 2.25. The van der Waals surface area contributed by atoms with E-state index in [9.17, 15) is 0 Å². The van der Waals surface area contributed by atoms with Gasteiger partial charge >= 0.3 is 0 Å². The molecular weight excluding hydrogens is 302 g/mol. The van der Waals surface area contributed by atoms with Gasteiger partial charge in [-0.1, -0.05) is 22.4 Å². The summed E-state index contributed by atoms with van der Waals surface area (Å²) in [7, 11) is 2.12. The van der Waals surface area contributed by atoms with E-state index in [0.717, 1.165) is 23.0 Å². The van der Waals surface area contributed by atoms with E-state index in [4.69, 9.17) is 4.98 Å². The highest BCUT2D eigenvalue weighted by molar-refractivity contribution is 9.10. The molecule has 3 rings (SSSR count). The number of piperidine rings is 1. The Morgan fingerprint density at radius 3 is 3.00 bits per heavy atom. The molecule has 3 nitrogen and oxygen atoms in total. The molecule has 2 heterocycles. The zero-order valence-electron chi connectivity index (χ0n) is 11.5. The predicted molar refractivity (Wildman–Crippen MR) is 82.5 cm³/mol. The molecule has 0 bridgehead atoms. The molecule has 0 aliphatic carbocycles. The standard InChI is InChI=1S/C15H20BrN3/c1-10-7-11(16)8-13-15(10)18-14(19(13)2)9-12-5-3-4-6-17-12/h7-8,12,17H,3-6,9H2,1-2H3. The minimum atomic E-state index is 0.591. The first-order valence-corrected chi connectivity index (χ1v) is 7.79. The summed E-state index contributed by atoms with van der Waals surface area (Å²) in [6.45, 7) is 3.28. The van der Waals surface area contributed by atoms with Gasteiger partial charge in [-0.3, -0.25) is 0 Å². The summed E-state index contributed by atoms with van der Waals surface area (Å²) >= 11 is 3.57. The molecule has 1 N–H and O–H groups in total. The maximum Gasteiger partial charge on any atom is 0.111 e. The Hall–Kier alpha value is -0.870. The first-order chi connectivity index (χ1) is 9.15. The third-order valence-corrected chi connectivity index (χ3v) is 4.53. The first-order valence-electron chi connectivity index (χ1n) is 7.00. The van der Waals surface area contributed by atoms with Crippen molar-refractivity contribution in [3.05, 3.63) is 28.0 Å². The molecule has 4 heteroatoms. The predicted octanol–water partition coefficient (Wildman–Crippen LogP) is 3.33. The molecule has 1 aliphatic rings. The molecule has 0 spiro atoms. The molecule has 1 aliphatic heterocycles. The Morgan fingerprint density at radius 1 is 1.42 bits per heavy atom. The zero-order valence-corrected chi connectivity index (χ0v) is 13.1. The number of nitrogens with one attached hydrogen (secondary N) is 1. The van der Waals surface area contributed by atoms with Crippen molar-refractivity contribution >= 4 is 27.0 Å². The number of aryl methyl sites for hydroxylation is 2. The number of hydrogen-bond donors (Lipinski definition) is 1. The number of fused-ring (bicyclic) bond motifs is 1. The molecule has 0 amide bonds. The van der Waals surface area contributed by atoms with Crippen LogP contribution >= 0.6 is 15.9 Å². The van der Waals surface area contributed by atoms with E-state index in [1.807, 2.05) is 0 Å². The lowest BCUT2D eigenvalue weighted by Gasteiger charge is -2.23. The van der Waals surface area contributed by atoms with Crippen LogP contribution in [0.1, 0.15) is 30.7 Å². The molecule has 1 unspecified atom stereocenters. The van der Waals surface area contributed by atoms with Gasteiger partial charge in [0.15, 0.2) is 0 Å². The quantitative estimate of drug-likeness (QED) is 0.919. The van der Waals surface area contributed by atoms with Crippen molar-refractivity contribution in [3.63, 3.8) is 0 Å². The number of benzene rings is 1. The minimum Gasteiger partial charge on any atom is -0.331 e. The van der Waals surface area contributed by atoms with Crippen molar-refractivity contribution in [1.82, 2.24) is 14.9 Å². The summed E-state index contributed by atoms with van der Waals surface area (Å²) in [6, 6.07) is 4.89. The van der Waals surface area contributed by atoms with Crippen molar-refractivity contribution in [1.29, 1.82) is 0 Å². The normalized spacial score (nSPS) is 20.1. The second-order valence-electron chi connectivity index (χ2n) is 5.53. The van der Waals surface area contributed by atoms with Crippen LogP contribution in [0.5, 0.6) is 0 Å². The van der Waals surface area contributed by atoms with Gasteiger partial charge in [-0.25, -0.2) is 4.98 Å². The number of hydrogen-bond acceptors (Lipinski definition) is 2. The molecular formula is C15H20BrN3. The van der Waals surface area contributed by atoms with Crippen molar-refractivity contribution < 1.29 is 0 Å². The van der Waals surface area contributed by atoms with Crippen molar-refractivity contribution in [2.45, 2.75) is 38.6 Å². The molecule has 1 aromatic heterocycles. The summed E-state index contributed by atoms with van der Waals surface area (Å²) in [6.07, 6.45) is 4.95. The van der Waals surface area contributed by atoms with E-state index in [0.29, 0.717) is 6.04 Å². The number of rotatable bonds is 2. The number of imidazole rings is 1. The van der Waals surface area contributed by atoms with Crippen molar-refractivity contribution in [2.24, 2.45) is 7.05 Å². The monoisotopic (exact) mass is 321 g/mol. The van der Waals surface area contributed by atoms with Crippen LogP contribution in [0.4, 0.5) is 0 Å². The van der Waals surface area contributed by atoms with Gasteiger partial charge in [0.25, 0.3) is 0 Å². The van der Waals surface area contributed by atoms with Crippen LogP contribution in [0, 0.1) is 6.92 Å². The highest BCUT2D eigenvalue weighted by Gasteiger charge is 2.17. The third-order valence-electron chi connectivity index (χ3n) is 4.08.